The van der Waals surface area contributed by atoms with E-state index in [1.807, 2.05) is 23.1 Å². The van der Waals surface area contributed by atoms with Crippen molar-refractivity contribution in [2.45, 2.75) is 44.1 Å². The van der Waals surface area contributed by atoms with Crippen LogP contribution in [0.4, 0.5) is 11.4 Å². The number of piperidine rings is 1. The van der Waals surface area contributed by atoms with Crippen LogP contribution in [0.5, 0.6) is 0 Å². The number of likely N-dealkylation sites (tertiary alicyclic amines) is 1. The first-order valence-electron chi connectivity index (χ1n) is 11.2. The Labute approximate surface area is 182 Å². The number of aryl methyl sites for hydroxylation is 1. The van der Waals surface area contributed by atoms with Crippen LogP contribution >= 0.6 is 0 Å². The Hall–Kier alpha value is -2.87. The van der Waals surface area contributed by atoms with E-state index in [1.165, 1.54) is 0 Å². The highest BCUT2D eigenvalue weighted by Crippen LogP contribution is 2.36. The average Bonchev–Trinajstić information content (AvgIpc) is 3.23. The zero-order valence-corrected chi connectivity index (χ0v) is 18.0. The summed E-state index contributed by atoms with van der Waals surface area (Å²) in [6, 6.07) is 8.15. The summed E-state index contributed by atoms with van der Waals surface area (Å²) in [5.41, 5.74) is 4.47. The SMILES string of the molecule is COCCN=C1Nc2ccccc2NC12CCCN(C(=O)c1n[nH]c3c1CCCC3)C2. The molecule has 164 valence electrons. The van der Waals surface area contributed by atoms with Crippen LogP contribution < -0.4 is 10.6 Å². The number of methoxy groups -OCH3 is 1. The Morgan fingerprint density at radius 1 is 1.23 bits per heavy atom. The van der Waals surface area contributed by atoms with Gasteiger partial charge in [-0.2, -0.15) is 5.10 Å². The van der Waals surface area contributed by atoms with E-state index in [0.29, 0.717) is 25.4 Å². The molecule has 1 amide bonds. The molecule has 0 bridgehead atoms. The van der Waals surface area contributed by atoms with Crippen molar-refractivity contribution in [1.82, 2.24) is 15.1 Å². The van der Waals surface area contributed by atoms with E-state index in [0.717, 1.165) is 73.5 Å². The number of amides is 1. The third-order valence-corrected chi connectivity index (χ3v) is 6.61. The number of nitrogens with one attached hydrogen (secondary N) is 3. The minimum absolute atomic E-state index is 0.0235. The van der Waals surface area contributed by atoms with E-state index in [9.17, 15) is 4.79 Å². The van der Waals surface area contributed by atoms with Gasteiger partial charge in [-0.3, -0.25) is 14.9 Å². The van der Waals surface area contributed by atoms with Crippen LogP contribution in [0.3, 0.4) is 0 Å². The number of fused-ring (bicyclic) bond motifs is 2. The summed E-state index contributed by atoms with van der Waals surface area (Å²) in [6.07, 6.45) is 6.00. The number of aromatic amines is 1. The summed E-state index contributed by atoms with van der Waals surface area (Å²) in [6.45, 7) is 2.42. The minimum Gasteiger partial charge on any atom is -0.383 e. The molecule has 2 aliphatic heterocycles. The van der Waals surface area contributed by atoms with Crippen molar-refractivity contribution in [3.63, 3.8) is 0 Å². The molecular formula is C23H30N6O2. The van der Waals surface area contributed by atoms with Crippen LogP contribution in [0.15, 0.2) is 29.3 Å². The Bertz CT molecular complexity index is 1000. The van der Waals surface area contributed by atoms with Gasteiger partial charge in [-0.25, -0.2) is 0 Å². The Morgan fingerprint density at radius 2 is 2.06 bits per heavy atom. The lowest BCUT2D eigenvalue weighted by atomic mass is 9.84. The standard InChI is InChI=1S/C23H30N6O2/c1-31-14-12-24-22-23(26-19-10-5-4-9-18(19)25-22)11-6-13-29(15-23)21(30)20-16-7-2-3-8-17(16)27-28-20/h4-5,9-10,26H,2-3,6-8,11-15H2,1H3,(H,24,25)(H,27,28). The Kier molecular flexibility index (Phi) is 5.40. The summed E-state index contributed by atoms with van der Waals surface area (Å²) >= 11 is 0. The zero-order chi connectivity index (χ0) is 21.3. The first kappa shape index (κ1) is 20.1. The van der Waals surface area contributed by atoms with Gasteiger partial charge < -0.3 is 20.3 Å². The van der Waals surface area contributed by atoms with Crippen molar-refractivity contribution in [1.29, 1.82) is 0 Å². The molecule has 0 radical (unpaired) electrons. The fourth-order valence-corrected chi connectivity index (χ4v) is 5.04. The second-order valence-corrected chi connectivity index (χ2v) is 8.67. The Balaban J connectivity index is 1.44. The molecule has 8 nitrogen and oxygen atoms in total. The number of carbonyl (C=O) groups is 1. The number of anilines is 2. The lowest BCUT2D eigenvalue weighted by molar-refractivity contribution is 0.0687. The summed E-state index contributed by atoms with van der Waals surface area (Å²) < 4.78 is 5.21. The molecule has 1 spiro atoms. The van der Waals surface area contributed by atoms with E-state index >= 15 is 0 Å². The molecule has 8 heteroatoms. The summed E-state index contributed by atoms with van der Waals surface area (Å²) in [4.78, 5) is 20.3. The number of rotatable bonds is 4. The van der Waals surface area contributed by atoms with E-state index in [2.05, 4.69) is 26.9 Å². The number of para-hydroxylation sites is 2. The van der Waals surface area contributed by atoms with Crippen LogP contribution in [0.25, 0.3) is 0 Å². The van der Waals surface area contributed by atoms with Gasteiger partial charge in [-0.15, -0.1) is 0 Å². The molecule has 1 aromatic carbocycles. The highest BCUT2D eigenvalue weighted by atomic mass is 16.5. The maximum absolute atomic E-state index is 13.5. The number of H-pyrrole nitrogens is 1. The number of aliphatic imine (C=N–C) groups is 1. The summed E-state index contributed by atoms with van der Waals surface area (Å²) in [5, 5.41) is 14.8. The Morgan fingerprint density at radius 3 is 2.94 bits per heavy atom. The van der Waals surface area contributed by atoms with Gasteiger partial charge in [-0.1, -0.05) is 12.1 Å². The smallest absolute Gasteiger partial charge is 0.274 e. The van der Waals surface area contributed by atoms with E-state index < -0.39 is 5.54 Å². The molecule has 1 saturated heterocycles. The van der Waals surface area contributed by atoms with E-state index in [4.69, 9.17) is 9.73 Å². The average molecular weight is 423 g/mol. The first-order chi connectivity index (χ1) is 15.2. The number of aromatic nitrogens is 2. The molecule has 2 aromatic rings. The van der Waals surface area contributed by atoms with Crippen molar-refractivity contribution in [3.8, 4) is 0 Å². The van der Waals surface area contributed by atoms with Crippen LogP contribution in [0.2, 0.25) is 0 Å². The predicted octanol–water partition coefficient (Wildman–Crippen LogP) is 2.85. The first-order valence-corrected chi connectivity index (χ1v) is 11.2. The van der Waals surface area contributed by atoms with Crippen molar-refractivity contribution < 1.29 is 9.53 Å². The van der Waals surface area contributed by atoms with Gasteiger partial charge in [0.05, 0.1) is 31.1 Å². The van der Waals surface area contributed by atoms with Crippen molar-refractivity contribution in [3.05, 3.63) is 41.2 Å². The van der Waals surface area contributed by atoms with Gasteiger partial charge in [0.25, 0.3) is 5.91 Å². The van der Waals surface area contributed by atoms with Crippen LogP contribution in [-0.2, 0) is 17.6 Å². The third kappa shape index (κ3) is 3.69. The molecule has 3 aliphatic rings. The molecule has 3 N–H and O–H groups in total. The maximum atomic E-state index is 13.5. The predicted molar refractivity (Wildman–Crippen MR) is 121 cm³/mol. The maximum Gasteiger partial charge on any atom is 0.274 e. The molecule has 1 unspecified atom stereocenters. The van der Waals surface area contributed by atoms with Crippen molar-refractivity contribution in [2.75, 3.05) is 44.0 Å². The zero-order valence-electron chi connectivity index (χ0n) is 18.0. The second-order valence-electron chi connectivity index (χ2n) is 8.67. The van der Waals surface area contributed by atoms with Crippen LogP contribution in [0.1, 0.15) is 47.4 Å². The lowest BCUT2D eigenvalue weighted by Crippen LogP contribution is -2.62. The lowest BCUT2D eigenvalue weighted by Gasteiger charge is -2.47. The second kappa shape index (κ2) is 8.34. The van der Waals surface area contributed by atoms with Gasteiger partial charge in [0.1, 0.15) is 11.4 Å². The van der Waals surface area contributed by atoms with Gasteiger partial charge >= 0.3 is 0 Å². The summed E-state index contributed by atoms with van der Waals surface area (Å²) in [7, 11) is 1.68. The van der Waals surface area contributed by atoms with Gasteiger partial charge in [-0.05, 0) is 50.7 Å². The molecule has 31 heavy (non-hydrogen) atoms. The number of carbonyl (C=O) groups excluding carboxylic acids is 1. The molecule has 5 rings (SSSR count). The van der Waals surface area contributed by atoms with Crippen LogP contribution in [0, 0.1) is 0 Å². The number of amidine groups is 1. The fraction of sp³-hybridized carbons (Fsp3) is 0.522. The number of benzene rings is 1. The van der Waals surface area contributed by atoms with Crippen molar-refractivity contribution in [2.24, 2.45) is 4.99 Å². The molecular weight excluding hydrogens is 392 g/mol. The molecule has 0 saturated carbocycles. The number of nitrogens with zero attached hydrogens (tertiary/aromatic N) is 3. The molecule has 1 aliphatic carbocycles. The van der Waals surface area contributed by atoms with Gasteiger partial charge in [0.2, 0.25) is 0 Å². The quantitative estimate of drug-likeness (QED) is 0.659. The number of hydrogen-bond acceptors (Lipinski definition) is 5. The van der Waals surface area contributed by atoms with Gasteiger partial charge in [0.15, 0.2) is 5.69 Å². The number of hydrogen-bond donors (Lipinski definition) is 3. The monoisotopic (exact) mass is 422 g/mol. The minimum atomic E-state index is -0.438. The molecule has 1 fully saturated rings. The summed E-state index contributed by atoms with van der Waals surface area (Å²) in [5.74, 6) is 0.903. The van der Waals surface area contributed by atoms with E-state index in [-0.39, 0.29) is 5.91 Å². The van der Waals surface area contributed by atoms with E-state index in [1.54, 1.807) is 7.11 Å². The molecule has 1 atom stereocenters. The van der Waals surface area contributed by atoms with Crippen LogP contribution in [-0.4, -0.2) is 65.7 Å². The third-order valence-electron chi connectivity index (χ3n) is 6.61. The molecule has 1 aromatic heterocycles. The molecule has 3 heterocycles. The topological polar surface area (TPSA) is 94.6 Å². The van der Waals surface area contributed by atoms with Gasteiger partial charge in [0, 0.05) is 24.9 Å². The number of ether oxygens (including phenoxy) is 1. The normalized spacial score (nSPS) is 23.8. The van der Waals surface area contributed by atoms with Crippen molar-refractivity contribution >= 4 is 23.1 Å². The highest BCUT2D eigenvalue weighted by Gasteiger charge is 2.45. The fourth-order valence-electron chi connectivity index (χ4n) is 5.04. The largest absolute Gasteiger partial charge is 0.383 e. The highest BCUT2D eigenvalue weighted by molar-refractivity contribution is 6.10.